The van der Waals surface area contributed by atoms with E-state index in [9.17, 15) is 9.18 Å². The van der Waals surface area contributed by atoms with Crippen molar-refractivity contribution in [1.82, 2.24) is 29.5 Å². The van der Waals surface area contributed by atoms with E-state index in [1.807, 2.05) is 24.3 Å². The third kappa shape index (κ3) is 3.04. The minimum Gasteiger partial charge on any atom is -0.319 e. The lowest BCUT2D eigenvalue weighted by molar-refractivity contribution is 0.584. The monoisotopic (exact) mass is 385 g/mol. The number of halogens is 1. The van der Waals surface area contributed by atoms with E-state index in [0.717, 1.165) is 5.39 Å². The number of nitrogens with zero attached hydrogens (tertiary/aromatic N) is 6. The first kappa shape index (κ1) is 16.9. The van der Waals surface area contributed by atoms with Gasteiger partial charge < -0.3 is 5.32 Å². The van der Waals surface area contributed by atoms with E-state index in [-0.39, 0.29) is 5.69 Å². The molecule has 1 N–H and O–H groups in total. The molecule has 0 saturated heterocycles. The van der Waals surface area contributed by atoms with Crippen LogP contribution in [0.4, 0.5) is 16.0 Å². The number of pyridine rings is 1. The Morgan fingerprint density at radius 1 is 0.931 bits per heavy atom. The van der Waals surface area contributed by atoms with Gasteiger partial charge in [-0.25, -0.2) is 19.9 Å². The van der Waals surface area contributed by atoms with Crippen LogP contribution < -0.4 is 10.9 Å². The van der Waals surface area contributed by atoms with Gasteiger partial charge in [0, 0.05) is 23.3 Å². The summed E-state index contributed by atoms with van der Waals surface area (Å²) in [5, 5.41) is 8.28. The Hall–Kier alpha value is -4.27. The normalized spacial score (nSPS) is 11.1. The molecule has 1 aromatic carbocycles. The van der Waals surface area contributed by atoms with Crippen LogP contribution in [0.3, 0.4) is 0 Å². The summed E-state index contributed by atoms with van der Waals surface area (Å²) in [7, 11) is 0. The number of benzene rings is 1. The molecule has 8 nitrogen and oxygen atoms in total. The van der Waals surface area contributed by atoms with E-state index < -0.39 is 11.5 Å². The predicted molar refractivity (Wildman–Crippen MR) is 105 cm³/mol. The lowest BCUT2D eigenvalue weighted by atomic mass is 10.2. The number of hydrogen-bond acceptors (Lipinski definition) is 7. The smallest absolute Gasteiger partial charge is 0.293 e. The van der Waals surface area contributed by atoms with Crippen LogP contribution in [0.2, 0.25) is 0 Å². The van der Waals surface area contributed by atoms with Crippen LogP contribution in [0.5, 0.6) is 0 Å². The third-order valence-electron chi connectivity index (χ3n) is 4.29. The number of para-hydroxylation sites is 1. The lowest BCUT2D eigenvalue weighted by Gasteiger charge is -2.07. The first-order valence-electron chi connectivity index (χ1n) is 8.69. The molecule has 0 amide bonds. The van der Waals surface area contributed by atoms with Crippen molar-refractivity contribution in [1.29, 1.82) is 0 Å². The van der Waals surface area contributed by atoms with Crippen molar-refractivity contribution in [2.75, 3.05) is 5.32 Å². The Bertz CT molecular complexity index is 1420. The van der Waals surface area contributed by atoms with Gasteiger partial charge in [0.1, 0.15) is 5.69 Å². The van der Waals surface area contributed by atoms with Crippen LogP contribution in [0.1, 0.15) is 0 Å². The van der Waals surface area contributed by atoms with Crippen molar-refractivity contribution >= 4 is 28.2 Å². The molecule has 0 saturated carbocycles. The van der Waals surface area contributed by atoms with Crippen LogP contribution in [0, 0.1) is 5.95 Å². The molecule has 4 aromatic heterocycles. The quantitative estimate of drug-likeness (QED) is 0.477. The zero-order valence-corrected chi connectivity index (χ0v) is 14.8. The van der Waals surface area contributed by atoms with E-state index in [1.54, 1.807) is 24.3 Å². The van der Waals surface area contributed by atoms with Crippen molar-refractivity contribution in [3.05, 3.63) is 83.3 Å². The maximum atomic E-state index is 13.2. The van der Waals surface area contributed by atoms with Crippen LogP contribution in [0.15, 0.2) is 71.8 Å². The fourth-order valence-corrected chi connectivity index (χ4v) is 2.94. The Morgan fingerprint density at radius 3 is 2.66 bits per heavy atom. The van der Waals surface area contributed by atoms with Gasteiger partial charge in [-0.2, -0.15) is 8.91 Å². The topological polar surface area (TPSA) is 98.0 Å². The summed E-state index contributed by atoms with van der Waals surface area (Å²) < 4.78 is 14.7. The highest BCUT2D eigenvalue weighted by atomic mass is 19.1. The van der Waals surface area contributed by atoms with Crippen molar-refractivity contribution in [3.8, 4) is 11.4 Å². The average Bonchev–Trinajstić information content (AvgIpc) is 3.09. The average molecular weight is 385 g/mol. The number of fused-ring (bicyclic) bond motifs is 3. The maximum Gasteiger partial charge on any atom is 0.293 e. The van der Waals surface area contributed by atoms with Gasteiger partial charge in [0.2, 0.25) is 11.9 Å². The number of hydrogen-bond donors (Lipinski definition) is 1. The summed E-state index contributed by atoms with van der Waals surface area (Å²) in [5.41, 5.74) is 1.60. The third-order valence-corrected chi connectivity index (χ3v) is 4.29. The van der Waals surface area contributed by atoms with Gasteiger partial charge in [-0.15, -0.1) is 5.10 Å². The fraction of sp³-hybridized carbons (Fsp3) is 0. The Labute approximate surface area is 162 Å². The Balaban J connectivity index is 1.75. The second-order valence-electron chi connectivity index (χ2n) is 6.17. The zero-order chi connectivity index (χ0) is 19.8. The summed E-state index contributed by atoms with van der Waals surface area (Å²) in [6, 6.07) is 15.2. The molecule has 0 radical (unpaired) electrons. The van der Waals surface area contributed by atoms with Crippen molar-refractivity contribution in [2.45, 2.75) is 0 Å². The molecule has 140 valence electrons. The van der Waals surface area contributed by atoms with E-state index in [4.69, 9.17) is 0 Å². The first-order valence-corrected chi connectivity index (χ1v) is 8.69. The minimum absolute atomic E-state index is 0.250. The summed E-state index contributed by atoms with van der Waals surface area (Å²) in [5.74, 6) is 0.0785. The molecule has 9 heteroatoms. The van der Waals surface area contributed by atoms with Gasteiger partial charge in [-0.1, -0.05) is 18.2 Å². The molecule has 4 heterocycles. The lowest BCUT2D eigenvalue weighted by Crippen LogP contribution is -2.11. The second kappa shape index (κ2) is 6.71. The van der Waals surface area contributed by atoms with Crippen LogP contribution in [0.25, 0.3) is 27.9 Å². The molecule has 0 aliphatic carbocycles. The largest absolute Gasteiger partial charge is 0.319 e. The van der Waals surface area contributed by atoms with Crippen molar-refractivity contribution in [2.24, 2.45) is 0 Å². The molecule has 0 unspecified atom stereocenters. The number of aromatic nitrogens is 6. The van der Waals surface area contributed by atoms with E-state index >= 15 is 0 Å². The molecular weight excluding hydrogens is 373 g/mol. The molecule has 0 atom stereocenters. The zero-order valence-electron chi connectivity index (χ0n) is 14.8. The summed E-state index contributed by atoms with van der Waals surface area (Å²) in [4.78, 5) is 28.8. The second-order valence-corrected chi connectivity index (χ2v) is 6.17. The van der Waals surface area contributed by atoms with E-state index in [1.165, 1.54) is 23.0 Å². The van der Waals surface area contributed by atoms with E-state index in [0.29, 0.717) is 28.5 Å². The number of nitrogens with one attached hydrogen (secondary N) is 1. The first-order chi connectivity index (χ1) is 14.2. The highest BCUT2D eigenvalue weighted by Gasteiger charge is 2.15. The van der Waals surface area contributed by atoms with Crippen LogP contribution >= 0.6 is 0 Å². The standard InChI is InChI=1S/C20H12FN7O/c21-16-9-8-12(11-23-16)17-26-18-13-5-1-2-6-14(13)24-20(28(18)27-17)25-15-7-3-4-10-22-19(15)29/h1-11H,(H,22,24,25,29). The molecule has 0 fully saturated rings. The van der Waals surface area contributed by atoms with Crippen molar-refractivity contribution < 1.29 is 4.39 Å². The summed E-state index contributed by atoms with van der Waals surface area (Å²) >= 11 is 0. The fourth-order valence-electron chi connectivity index (χ4n) is 2.94. The Kier molecular flexibility index (Phi) is 3.91. The van der Waals surface area contributed by atoms with Gasteiger partial charge in [-0.05, 0) is 36.4 Å². The maximum absolute atomic E-state index is 13.2. The van der Waals surface area contributed by atoms with Gasteiger partial charge >= 0.3 is 0 Å². The molecule has 0 bridgehead atoms. The van der Waals surface area contributed by atoms with Crippen LogP contribution in [-0.4, -0.2) is 29.5 Å². The minimum atomic E-state index is -0.584. The molecular formula is C20H12FN7O. The molecule has 5 aromatic rings. The molecule has 0 spiro atoms. The van der Waals surface area contributed by atoms with Gasteiger partial charge in [-0.3, -0.25) is 4.79 Å². The number of rotatable bonds is 3. The highest BCUT2D eigenvalue weighted by Crippen LogP contribution is 2.24. The van der Waals surface area contributed by atoms with Gasteiger partial charge in [0.05, 0.1) is 5.52 Å². The SMILES string of the molecule is O=c1nccccc1Nc1nc2ccccc2c2nc(-c3ccc(F)nc3)nn12. The van der Waals surface area contributed by atoms with Gasteiger partial charge in [0.25, 0.3) is 5.56 Å². The van der Waals surface area contributed by atoms with E-state index in [2.05, 4.69) is 30.4 Å². The molecule has 0 aliphatic heterocycles. The molecule has 29 heavy (non-hydrogen) atoms. The molecule has 0 aliphatic rings. The highest BCUT2D eigenvalue weighted by molar-refractivity contribution is 5.93. The van der Waals surface area contributed by atoms with Crippen molar-refractivity contribution in [3.63, 3.8) is 0 Å². The number of anilines is 2. The molecule has 5 rings (SSSR count). The Morgan fingerprint density at radius 2 is 1.79 bits per heavy atom. The summed E-state index contributed by atoms with van der Waals surface area (Å²) in [6.45, 7) is 0. The summed E-state index contributed by atoms with van der Waals surface area (Å²) in [6.07, 6.45) is 2.79. The van der Waals surface area contributed by atoms with Gasteiger partial charge in [0.15, 0.2) is 11.5 Å². The van der Waals surface area contributed by atoms with Crippen LogP contribution in [-0.2, 0) is 0 Å². The predicted octanol–water partition coefficient (Wildman–Crippen LogP) is 2.98.